The monoisotopic (exact) mass is 291 g/mol. The molecule has 1 aliphatic rings. The van der Waals surface area contributed by atoms with Gasteiger partial charge >= 0.3 is 0 Å². The van der Waals surface area contributed by atoms with Gasteiger partial charge in [-0.3, -0.25) is 0 Å². The molecular formula is C18H29NO2. The van der Waals surface area contributed by atoms with Gasteiger partial charge in [-0.15, -0.1) is 0 Å². The Hall–Kier alpha value is -0.900. The molecule has 3 unspecified atom stereocenters. The topological polar surface area (TPSA) is 30.5 Å². The van der Waals surface area contributed by atoms with Gasteiger partial charge in [-0.2, -0.15) is 0 Å². The fraction of sp³-hybridized carbons (Fsp3) is 0.667. The Morgan fingerprint density at radius 1 is 1.33 bits per heavy atom. The smallest absolute Gasteiger partial charge is 0.0843 e. The van der Waals surface area contributed by atoms with Crippen LogP contribution in [0.4, 0.5) is 0 Å². The molecular weight excluding hydrogens is 262 g/mol. The molecule has 2 rings (SSSR count). The molecule has 3 atom stereocenters. The first kappa shape index (κ1) is 16.5. The highest BCUT2D eigenvalue weighted by Crippen LogP contribution is 2.31. The number of rotatable bonds is 8. The van der Waals surface area contributed by atoms with E-state index in [1.165, 1.54) is 11.1 Å². The van der Waals surface area contributed by atoms with Crippen molar-refractivity contribution in [1.82, 2.24) is 5.32 Å². The average molecular weight is 291 g/mol. The van der Waals surface area contributed by atoms with Crippen LogP contribution >= 0.6 is 0 Å². The molecule has 3 nitrogen and oxygen atoms in total. The molecule has 1 aliphatic heterocycles. The van der Waals surface area contributed by atoms with Crippen molar-refractivity contribution in [3.8, 4) is 0 Å². The van der Waals surface area contributed by atoms with Crippen molar-refractivity contribution in [2.75, 3.05) is 19.8 Å². The molecule has 0 bridgehead atoms. The van der Waals surface area contributed by atoms with E-state index in [4.69, 9.17) is 9.47 Å². The Labute approximate surface area is 129 Å². The lowest BCUT2D eigenvalue weighted by atomic mass is 9.92. The standard InChI is InChI=1S/C18H29NO2/c1-4-11-19-17(14(3)20-5-2)13-18-16-9-7-6-8-15(16)10-12-21-18/h6-9,14,17-19H,4-5,10-13H2,1-3H3. The second-order valence-corrected chi connectivity index (χ2v) is 5.77. The van der Waals surface area contributed by atoms with E-state index in [0.29, 0.717) is 6.04 Å². The van der Waals surface area contributed by atoms with Crippen molar-refractivity contribution >= 4 is 0 Å². The van der Waals surface area contributed by atoms with E-state index >= 15 is 0 Å². The molecule has 0 amide bonds. The summed E-state index contributed by atoms with van der Waals surface area (Å²) in [6.45, 7) is 9.02. The number of ether oxygens (including phenoxy) is 2. The van der Waals surface area contributed by atoms with Crippen molar-refractivity contribution in [2.24, 2.45) is 0 Å². The minimum Gasteiger partial charge on any atom is -0.377 e. The molecule has 21 heavy (non-hydrogen) atoms. The van der Waals surface area contributed by atoms with Crippen LogP contribution in [0.1, 0.15) is 50.8 Å². The SMILES string of the molecule is CCCNC(CC1OCCc2ccccc21)C(C)OCC. The zero-order valence-electron chi connectivity index (χ0n) is 13.6. The lowest BCUT2D eigenvalue weighted by Crippen LogP contribution is -2.42. The van der Waals surface area contributed by atoms with E-state index in [1.54, 1.807) is 0 Å². The van der Waals surface area contributed by atoms with Crippen molar-refractivity contribution in [3.63, 3.8) is 0 Å². The summed E-state index contributed by atoms with van der Waals surface area (Å²) in [5.74, 6) is 0. The van der Waals surface area contributed by atoms with Crippen LogP contribution in [0, 0.1) is 0 Å². The van der Waals surface area contributed by atoms with E-state index in [-0.39, 0.29) is 12.2 Å². The second-order valence-electron chi connectivity index (χ2n) is 5.77. The van der Waals surface area contributed by atoms with E-state index < -0.39 is 0 Å². The Morgan fingerprint density at radius 2 is 2.14 bits per heavy atom. The molecule has 0 spiro atoms. The van der Waals surface area contributed by atoms with Gasteiger partial charge in [0.15, 0.2) is 0 Å². The summed E-state index contributed by atoms with van der Waals surface area (Å²) < 4.78 is 11.9. The van der Waals surface area contributed by atoms with Gasteiger partial charge < -0.3 is 14.8 Å². The quantitative estimate of drug-likeness (QED) is 0.795. The molecule has 118 valence electrons. The van der Waals surface area contributed by atoms with Gasteiger partial charge in [0.1, 0.15) is 0 Å². The van der Waals surface area contributed by atoms with E-state index in [2.05, 4.69) is 50.4 Å². The van der Waals surface area contributed by atoms with Crippen LogP contribution in [0.15, 0.2) is 24.3 Å². The fourth-order valence-corrected chi connectivity index (χ4v) is 3.05. The Morgan fingerprint density at radius 3 is 2.90 bits per heavy atom. The lowest BCUT2D eigenvalue weighted by Gasteiger charge is -2.32. The lowest BCUT2D eigenvalue weighted by molar-refractivity contribution is -0.00356. The van der Waals surface area contributed by atoms with Crippen LogP contribution in [0.3, 0.4) is 0 Å². The first-order valence-electron chi connectivity index (χ1n) is 8.30. The molecule has 0 saturated carbocycles. The highest BCUT2D eigenvalue weighted by atomic mass is 16.5. The van der Waals surface area contributed by atoms with Crippen LogP contribution in [0.25, 0.3) is 0 Å². The van der Waals surface area contributed by atoms with Gasteiger partial charge in [-0.05, 0) is 50.8 Å². The van der Waals surface area contributed by atoms with Crippen molar-refractivity contribution in [3.05, 3.63) is 35.4 Å². The van der Waals surface area contributed by atoms with E-state index in [1.807, 2.05) is 0 Å². The number of benzene rings is 1. The van der Waals surface area contributed by atoms with Crippen LogP contribution in [-0.2, 0) is 15.9 Å². The first-order valence-corrected chi connectivity index (χ1v) is 8.30. The Balaban J connectivity index is 2.06. The summed E-state index contributed by atoms with van der Waals surface area (Å²) in [5.41, 5.74) is 2.79. The minimum absolute atomic E-state index is 0.187. The molecule has 1 aromatic carbocycles. The van der Waals surface area contributed by atoms with Gasteiger partial charge in [0.25, 0.3) is 0 Å². The zero-order chi connectivity index (χ0) is 15.1. The molecule has 0 radical (unpaired) electrons. The number of hydrogen-bond acceptors (Lipinski definition) is 3. The molecule has 0 saturated heterocycles. The van der Waals surface area contributed by atoms with Crippen molar-refractivity contribution in [2.45, 2.75) is 58.3 Å². The largest absolute Gasteiger partial charge is 0.377 e. The second kappa shape index (κ2) is 8.52. The molecule has 0 aliphatic carbocycles. The summed E-state index contributed by atoms with van der Waals surface area (Å²) in [6.07, 6.45) is 3.53. The molecule has 1 heterocycles. The molecule has 0 aromatic heterocycles. The van der Waals surface area contributed by atoms with E-state index in [9.17, 15) is 0 Å². The summed E-state index contributed by atoms with van der Waals surface area (Å²) in [5, 5.41) is 3.63. The van der Waals surface area contributed by atoms with Crippen LogP contribution in [0.2, 0.25) is 0 Å². The first-order chi connectivity index (χ1) is 10.3. The van der Waals surface area contributed by atoms with Gasteiger partial charge in [0.2, 0.25) is 0 Å². The summed E-state index contributed by atoms with van der Waals surface area (Å²) >= 11 is 0. The van der Waals surface area contributed by atoms with Gasteiger partial charge in [0, 0.05) is 12.6 Å². The van der Waals surface area contributed by atoms with Crippen LogP contribution < -0.4 is 5.32 Å². The van der Waals surface area contributed by atoms with Crippen molar-refractivity contribution < 1.29 is 9.47 Å². The van der Waals surface area contributed by atoms with Gasteiger partial charge in [0.05, 0.1) is 18.8 Å². The van der Waals surface area contributed by atoms with Gasteiger partial charge in [-0.1, -0.05) is 31.2 Å². The molecule has 1 aromatic rings. The number of nitrogens with one attached hydrogen (secondary N) is 1. The highest BCUT2D eigenvalue weighted by molar-refractivity contribution is 5.31. The predicted molar refractivity (Wildman–Crippen MR) is 86.6 cm³/mol. The van der Waals surface area contributed by atoms with Crippen molar-refractivity contribution in [1.29, 1.82) is 0 Å². The third-order valence-corrected chi connectivity index (χ3v) is 4.21. The predicted octanol–water partition coefficient (Wildman–Crippen LogP) is 3.48. The fourth-order valence-electron chi connectivity index (χ4n) is 3.05. The zero-order valence-corrected chi connectivity index (χ0v) is 13.6. The number of fused-ring (bicyclic) bond motifs is 1. The summed E-state index contributed by atoms with van der Waals surface area (Å²) in [4.78, 5) is 0. The summed E-state index contributed by atoms with van der Waals surface area (Å²) in [6, 6.07) is 9.01. The third-order valence-electron chi connectivity index (χ3n) is 4.21. The van der Waals surface area contributed by atoms with Crippen LogP contribution in [-0.4, -0.2) is 31.9 Å². The Bertz CT molecular complexity index is 421. The molecule has 0 fully saturated rings. The van der Waals surface area contributed by atoms with Gasteiger partial charge in [-0.25, -0.2) is 0 Å². The average Bonchev–Trinajstić information content (AvgIpc) is 2.51. The molecule has 3 heteroatoms. The van der Waals surface area contributed by atoms with Crippen LogP contribution in [0.5, 0.6) is 0 Å². The summed E-state index contributed by atoms with van der Waals surface area (Å²) in [7, 11) is 0. The third kappa shape index (κ3) is 4.53. The minimum atomic E-state index is 0.187. The molecule has 1 N–H and O–H groups in total. The maximum atomic E-state index is 6.05. The highest BCUT2D eigenvalue weighted by Gasteiger charge is 2.26. The Kier molecular flexibility index (Phi) is 6.68. The maximum absolute atomic E-state index is 6.05. The maximum Gasteiger partial charge on any atom is 0.0843 e. The number of hydrogen-bond donors (Lipinski definition) is 1. The van der Waals surface area contributed by atoms with E-state index in [0.717, 1.165) is 39.0 Å². The normalized spacial score (nSPS) is 20.8.